The van der Waals surface area contributed by atoms with Gasteiger partial charge in [0.15, 0.2) is 0 Å². The molecular formula is C21H29O11P. The molecule has 0 saturated heterocycles. The molecule has 0 spiro atoms. The Kier molecular flexibility index (Phi) is 7.80. The van der Waals surface area contributed by atoms with Crippen LogP contribution in [0.1, 0.15) is 75.9 Å². The lowest BCUT2D eigenvalue weighted by atomic mass is 9.78. The lowest BCUT2D eigenvalue weighted by Crippen LogP contribution is -2.44. The van der Waals surface area contributed by atoms with E-state index in [1.165, 1.54) is 12.1 Å². The summed E-state index contributed by atoms with van der Waals surface area (Å²) >= 11 is 0. The summed E-state index contributed by atoms with van der Waals surface area (Å²) in [6, 6.07) is 2.42. The SMILES string of the molecule is CC(C)(C)c1cc(C(=O)O)cc(C(C)(C)C)c1OP(=O)(O)C(CC(=O)O)(CC(=O)O)C(=O)O. The number of rotatable bonds is 9. The van der Waals surface area contributed by atoms with E-state index in [4.69, 9.17) is 4.52 Å². The molecule has 0 heterocycles. The summed E-state index contributed by atoms with van der Waals surface area (Å²) in [4.78, 5) is 57.3. The Morgan fingerprint density at radius 1 is 0.818 bits per heavy atom. The lowest BCUT2D eigenvalue weighted by Gasteiger charge is -2.35. The number of aliphatic carboxylic acids is 3. The minimum atomic E-state index is -5.56. The number of aromatic carboxylic acids is 1. The van der Waals surface area contributed by atoms with Gasteiger partial charge >= 0.3 is 31.5 Å². The third kappa shape index (κ3) is 6.11. The first-order valence-electron chi connectivity index (χ1n) is 9.77. The van der Waals surface area contributed by atoms with E-state index < -0.39 is 60.3 Å². The number of hydrogen-bond acceptors (Lipinski definition) is 6. The standard InChI is InChI=1S/C21H29O11P/c1-19(2,3)12-7-11(17(26)27)8-13(20(4,5)6)16(12)32-33(30,31)21(18(28)29,9-14(22)23)10-15(24)25/h7-8H,9-10H2,1-6H3,(H,22,23)(H,24,25)(H,26,27)(H,28,29)(H,30,31). The fraction of sp³-hybridized carbons (Fsp3) is 0.524. The molecule has 184 valence electrons. The Labute approximate surface area is 190 Å². The smallest absolute Gasteiger partial charge is 0.395 e. The van der Waals surface area contributed by atoms with Gasteiger partial charge in [-0.2, -0.15) is 0 Å². The molecule has 0 aliphatic heterocycles. The van der Waals surface area contributed by atoms with Crippen LogP contribution < -0.4 is 4.52 Å². The van der Waals surface area contributed by atoms with Crippen LogP contribution in [-0.2, 0) is 29.8 Å². The Hall–Kier alpha value is -2.91. The van der Waals surface area contributed by atoms with Gasteiger partial charge in [0.2, 0.25) is 5.16 Å². The van der Waals surface area contributed by atoms with Gasteiger partial charge in [-0.05, 0) is 23.0 Å². The van der Waals surface area contributed by atoms with Crippen molar-refractivity contribution in [2.24, 2.45) is 0 Å². The van der Waals surface area contributed by atoms with Gasteiger partial charge in [0.05, 0.1) is 18.4 Å². The van der Waals surface area contributed by atoms with Gasteiger partial charge in [-0.1, -0.05) is 41.5 Å². The number of carboxylic acids is 4. The average molecular weight is 488 g/mol. The van der Waals surface area contributed by atoms with Gasteiger partial charge in [0, 0.05) is 11.1 Å². The van der Waals surface area contributed by atoms with Gasteiger partial charge in [0.25, 0.3) is 0 Å². The van der Waals surface area contributed by atoms with E-state index in [2.05, 4.69) is 0 Å². The van der Waals surface area contributed by atoms with Crippen molar-refractivity contribution in [3.63, 3.8) is 0 Å². The molecule has 1 atom stereocenters. The van der Waals surface area contributed by atoms with Crippen molar-refractivity contribution in [2.75, 3.05) is 0 Å². The van der Waals surface area contributed by atoms with Crippen LogP contribution in [-0.4, -0.2) is 54.4 Å². The van der Waals surface area contributed by atoms with Crippen LogP contribution >= 0.6 is 7.60 Å². The summed E-state index contributed by atoms with van der Waals surface area (Å²) < 4.78 is 18.8. The maximum absolute atomic E-state index is 13.4. The number of benzene rings is 1. The Bertz CT molecular complexity index is 977. The predicted octanol–water partition coefficient (Wildman–Crippen LogP) is 3.32. The summed E-state index contributed by atoms with van der Waals surface area (Å²) in [5.41, 5.74) is -1.60. The topological polar surface area (TPSA) is 196 Å². The lowest BCUT2D eigenvalue weighted by molar-refractivity contribution is -0.151. The quantitative estimate of drug-likeness (QED) is 0.320. The first-order valence-corrected chi connectivity index (χ1v) is 11.4. The van der Waals surface area contributed by atoms with Crippen molar-refractivity contribution in [3.05, 3.63) is 28.8 Å². The van der Waals surface area contributed by atoms with Gasteiger partial charge in [-0.3, -0.25) is 14.4 Å². The van der Waals surface area contributed by atoms with Crippen molar-refractivity contribution < 1.29 is 53.6 Å². The molecule has 1 rings (SSSR count). The molecule has 0 radical (unpaired) electrons. The van der Waals surface area contributed by atoms with Gasteiger partial charge in [-0.15, -0.1) is 0 Å². The fourth-order valence-electron chi connectivity index (χ4n) is 3.21. The van der Waals surface area contributed by atoms with Crippen LogP contribution in [0, 0.1) is 0 Å². The number of carbonyl (C=O) groups is 4. The van der Waals surface area contributed by atoms with Crippen molar-refractivity contribution in [2.45, 2.75) is 70.4 Å². The Balaban J connectivity index is 4.03. The van der Waals surface area contributed by atoms with E-state index in [9.17, 15) is 49.1 Å². The van der Waals surface area contributed by atoms with Crippen LogP contribution in [0.4, 0.5) is 0 Å². The summed E-state index contributed by atoms with van der Waals surface area (Å²) in [7, 11) is -5.56. The molecule has 1 aromatic carbocycles. The minimum absolute atomic E-state index is 0.145. The normalized spacial score (nSPS) is 14.3. The molecule has 0 fully saturated rings. The summed E-state index contributed by atoms with van der Waals surface area (Å²) in [5, 5.41) is 34.4. The molecule has 0 amide bonds. The molecule has 33 heavy (non-hydrogen) atoms. The zero-order valence-corrected chi connectivity index (χ0v) is 20.1. The summed E-state index contributed by atoms with van der Waals surface area (Å²) in [5.74, 6) is -7.34. The second-order valence-electron chi connectivity index (χ2n) is 9.80. The highest BCUT2D eigenvalue weighted by Crippen LogP contribution is 2.61. The molecular weight excluding hydrogens is 459 g/mol. The van der Waals surface area contributed by atoms with Crippen molar-refractivity contribution in [1.29, 1.82) is 0 Å². The third-order valence-corrected chi connectivity index (χ3v) is 7.01. The fourth-order valence-corrected chi connectivity index (χ4v) is 4.74. The van der Waals surface area contributed by atoms with Crippen LogP contribution in [0.15, 0.2) is 12.1 Å². The summed E-state index contributed by atoms with van der Waals surface area (Å²) in [6.07, 6.45) is -2.99. The van der Waals surface area contributed by atoms with Crippen molar-refractivity contribution in [1.82, 2.24) is 0 Å². The van der Waals surface area contributed by atoms with Gasteiger partial charge < -0.3 is 29.8 Å². The van der Waals surface area contributed by atoms with E-state index in [0.717, 1.165) is 0 Å². The van der Waals surface area contributed by atoms with Crippen LogP contribution in [0.3, 0.4) is 0 Å². The van der Waals surface area contributed by atoms with Crippen molar-refractivity contribution in [3.8, 4) is 5.75 Å². The third-order valence-electron chi connectivity index (χ3n) is 4.99. The second-order valence-corrected chi connectivity index (χ2v) is 11.9. The molecule has 5 N–H and O–H groups in total. The average Bonchev–Trinajstić information content (AvgIpc) is 2.57. The van der Waals surface area contributed by atoms with E-state index in [1.807, 2.05) is 0 Å². The zero-order chi connectivity index (χ0) is 26.2. The van der Waals surface area contributed by atoms with E-state index in [1.54, 1.807) is 41.5 Å². The predicted molar refractivity (Wildman–Crippen MR) is 116 cm³/mol. The summed E-state index contributed by atoms with van der Waals surface area (Å²) in [6.45, 7) is 9.97. The first kappa shape index (κ1) is 28.1. The molecule has 12 heteroatoms. The highest BCUT2D eigenvalue weighted by molar-refractivity contribution is 7.56. The number of carboxylic acid groups (broad SMARTS) is 4. The molecule has 0 aliphatic rings. The van der Waals surface area contributed by atoms with Crippen LogP contribution in [0.5, 0.6) is 5.75 Å². The highest BCUT2D eigenvalue weighted by atomic mass is 31.2. The first-order chi connectivity index (χ1) is 14.7. The van der Waals surface area contributed by atoms with Crippen LogP contribution in [0.2, 0.25) is 0 Å². The highest BCUT2D eigenvalue weighted by Gasteiger charge is 2.60. The molecule has 1 aromatic rings. The van der Waals surface area contributed by atoms with Crippen molar-refractivity contribution >= 4 is 31.5 Å². The maximum Gasteiger partial charge on any atom is 0.395 e. The Morgan fingerprint density at radius 2 is 1.18 bits per heavy atom. The van der Waals surface area contributed by atoms with E-state index in [-0.39, 0.29) is 22.4 Å². The molecule has 1 unspecified atom stereocenters. The van der Waals surface area contributed by atoms with Gasteiger partial charge in [0.1, 0.15) is 5.75 Å². The minimum Gasteiger partial charge on any atom is -0.481 e. The van der Waals surface area contributed by atoms with Gasteiger partial charge in [-0.25, -0.2) is 9.36 Å². The molecule has 0 saturated carbocycles. The Morgan fingerprint density at radius 3 is 1.42 bits per heavy atom. The molecule has 0 aliphatic carbocycles. The molecule has 0 aromatic heterocycles. The largest absolute Gasteiger partial charge is 0.481 e. The number of hydrogen-bond donors (Lipinski definition) is 5. The van der Waals surface area contributed by atoms with E-state index >= 15 is 0 Å². The monoisotopic (exact) mass is 488 g/mol. The van der Waals surface area contributed by atoms with E-state index in [0.29, 0.717) is 0 Å². The molecule has 11 nitrogen and oxygen atoms in total. The second kappa shape index (κ2) is 9.15. The zero-order valence-electron chi connectivity index (χ0n) is 19.2. The van der Waals surface area contributed by atoms with Crippen LogP contribution in [0.25, 0.3) is 0 Å². The maximum atomic E-state index is 13.4. The molecule has 0 bridgehead atoms.